The molecule has 0 saturated carbocycles. The number of hydrogen-bond donors (Lipinski definition) is 0. The Hall–Kier alpha value is -2.51. The second kappa shape index (κ2) is 10.6. The van der Waals surface area contributed by atoms with E-state index in [4.69, 9.17) is 14.2 Å². The Morgan fingerprint density at radius 3 is 0.895 bits per heavy atom. The molecule has 3 aromatic carbocycles. The van der Waals surface area contributed by atoms with Crippen molar-refractivity contribution in [3.8, 4) is 17.2 Å². The van der Waals surface area contributed by atoms with Gasteiger partial charge in [-0.25, -0.2) is 0 Å². The van der Waals surface area contributed by atoms with E-state index in [0.29, 0.717) is 0 Å². The Labute approximate surface area is 235 Å². The molecule has 0 aliphatic heterocycles. The summed E-state index contributed by atoms with van der Waals surface area (Å²) in [6.45, 7) is 20.2. The molecule has 38 heavy (non-hydrogen) atoms. The van der Waals surface area contributed by atoms with Crippen LogP contribution in [0.1, 0.15) is 79.0 Å². The molecule has 0 unspecified atom stereocenters. The first-order chi connectivity index (χ1) is 17.5. The van der Waals surface area contributed by atoms with Crippen molar-refractivity contribution in [2.75, 3.05) is 21.3 Å². The van der Waals surface area contributed by atoms with Gasteiger partial charge in [-0.2, -0.15) is 0 Å². The van der Waals surface area contributed by atoms with Gasteiger partial charge >= 0.3 is 0 Å². The molecule has 0 heterocycles. The quantitative estimate of drug-likeness (QED) is 0.292. The van der Waals surface area contributed by atoms with Crippen LogP contribution >= 0.6 is 0 Å². The minimum atomic E-state index is -2.97. The van der Waals surface area contributed by atoms with Crippen LogP contribution in [0, 0.1) is 0 Å². The zero-order valence-corrected chi connectivity index (χ0v) is 27.4. The van der Waals surface area contributed by atoms with E-state index in [2.05, 4.69) is 127 Å². The largest absolute Gasteiger partial charge is 0.497 e. The summed E-state index contributed by atoms with van der Waals surface area (Å²) in [4.78, 5) is 0. The molecule has 3 radical (unpaired) electrons. The van der Waals surface area contributed by atoms with Crippen molar-refractivity contribution < 1.29 is 14.2 Å². The third-order valence-corrected chi connectivity index (χ3v) is 13.4. The maximum Gasteiger partial charge on any atom is 0.144 e. The van der Waals surface area contributed by atoms with E-state index in [0.717, 1.165) is 32.8 Å². The van der Waals surface area contributed by atoms with Crippen molar-refractivity contribution >= 4 is 32.9 Å². The van der Waals surface area contributed by atoms with Gasteiger partial charge in [-0.1, -0.05) is 98.7 Å². The van der Waals surface area contributed by atoms with E-state index in [1.54, 1.807) is 21.3 Å². The lowest BCUT2D eigenvalue weighted by Crippen LogP contribution is -2.69. The van der Waals surface area contributed by atoms with E-state index in [-0.39, 0.29) is 16.2 Å². The molecule has 0 aliphatic carbocycles. The second-order valence-corrected chi connectivity index (χ2v) is 18.6. The van der Waals surface area contributed by atoms with Crippen LogP contribution in [-0.2, 0) is 16.2 Å². The SMILES string of the molecule is COc1ccc(C(C)(C)C)cc1[Si]([Si])(c1cc(C(C)(C)C)ccc1OC)c1cc(C(C)(C)C)ccc1OC. The first kappa shape index (κ1) is 30.0. The van der Waals surface area contributed by atoms with Crippen LogP contribution < -0.4 is 29.8 Å². The van der Waals surface area contributed by atoms with E-state index < -0.39 is 7.59 Å². The zero-order chi connectivity index (χ0) is 28.7. The van der Waals surface area contributed by atoms with Crippen LogP contribution in [0.2, 0.25) is 0 Å². The molecule has 3 rings (SSSR count). The highest BCUT2D eigenvalue weighted by molar-refractivity contribution is 7.39. The minimum Gasteiger partial charge on any atom is -0.497 e. The molecule has 0 aromatic heterocycles. The number of benzene rings is 3. The molecular weight excluding hydrogens is 501 g/mol. The van der Waals surface area contributed by atoms with Crippen LogP contribution in [-0.4, -0.2) is 38.7 Å². The van der Waals surface area contributed by atoms with Crippen LogP contribution in [0.25, 0.3) is 0 Å². The second-order valence-electron chi connectivity index (χ2n) is 13.2. The Morgan fingerprint density at radius 2 is 0.711 bits per heavy atom. The van der Waals surface area contributed by atoms with Gasteiger partial charge < -0.3 is 14.2 Å². The maximum atomic E-state index is 6.07. The van der Waals surface area contributed by atoms with Crippen LogP contribution in [0.3, 0.4) is 0 Å². The average Bonchev–Trinajstić information content (AvgIpc) is 2.85. The molecule has 5 heteroatoms. The zero-order valence-electron chi connectivity index (χ0n) is 25.4. The summed E-state index contributed by atoms with van der Waals surface area (Å²) < 4.78 is 18.2. The van der Waals surface area contributed by atoms with Gasteiger partial charge in [0.2, 0.25) is 0 Å². The molecular formula is C33H45O3Si2. The van der Waals surface area contributed by atoms with Crippen molar-refractivity contribution in [1.82, 2.24) is 0 Å². The number of rotatable bonds is 6. The number of ether oxygens (including phenoxy) is 3. The standard InChI is InChI=1S/C33H45O3Si2/c1-31(2,3)22-13-16-25(34-10)28(19-22)38(37,29-20-23(32(4,5)6)14-17-26(29)35-11)30-21-24(33(7,8)9)15-18-27(30)36-12/h13-21H,1-12H3. The van der Waals surface area contributed by atoms with Gasteiger partial charge in [0.05, 0.1) is 21.3 Å². The third-order valence-electron chi connectivity index (χ3n) is 7.41. The minimum absolute atomic E-state index is 0.0305. The maximum absolute atomic E-state index is 6.07. The van der Waals surface area contributed by atoms with E-state index >= 15 is 0 Å². The molecule has 0 fully saturated rings. The number of methoxy groups -OCH3 is 3. The Balaban J connectivity index is 2.60. The van der Waals surface area contributed by atoms with Crippen molar-refractivity contribution in [2.45, 2.75) is 78.6 Å². The summed E-state index contributed by atoms with van der Waals surface area (Å²) in [5.74, 6) is 2.56. The van der Waals surface area contributed by atoms with Gasteiger partial charge in [0.15, 0.2) is 0 Å². The third kappa shape index (κ3) is 5.74. The molecule has 0 N–H and O–H groups in total. The van der Waals surface area contributed by atoms with E-state index in [9.17, 15) is 0 Å². The molecule has 3 aromatic rings. The molecule has 0 atom stereocenters. The molecule has 0 saturated heterocycles. The molecule has 3 nitrogen and oxygen atoms in total. The fraction of sp³-hybridized carbons (Fsp3) is 0.455. The fourth-order valence-corrected chi connectivity index (χ4v) is 10.2. The summed E-state index contributed by atoms with van der Waals surface area (Å²) in [5.41, 5.74) is 3.66. The van der Waals surface area contributed by atoms with Crippen LogP contribution in [0.15, 0.2) is 54.6 Å². The average molecular weight is 546 g/mol. The molecule has 203 valence electrons. The Bertz CT molecular complexity index is 1130. The van der Waals surface area contributed by atoms with Crippen molar-refractivity contribution in [3.05, 3.63) is 71.3 Å². The predicted octanol–water partition coefficient (Wildman–Crippen LogP) is 5.74. The summed E-state index contributed by atoms with van der Waals surface area (Å²) in [7, 11) is 6.85. The molecule has 0 aliphatic rings. The predicted molar refractivity (Wildman–Crippen MR) is 165 cm³/mol. The van der Waals surface area contributed by atoms with E-state index in [1.165, 1.54) is 16.7 Å². The van der Waals surface area contributed by atoms with Gasteiger partial charge in [0, 0.05) is 9.76 Å². The van der Waals surface area contributed by atoms with Crippen LogP contribution in [0.4, 0.5) is 0 Å². The smallest absolute Gasteiger partial charge is 0.144 e. The van der Waals surface area contributed by atoms with Gasteiger partial charge in [-0.15, -0.1) is 0 Å². The van der Waals surface area contributed by atoms with Crippen molar-refractivity contribution in [3.63, 3.8) is 0 Å². The van der Waals surface area contributed by atoms with Gasteiger partial charge in [0.1, 0.15) is 24.8 Å². The highest BCUT2D eigenvalue weighted by Gasteiger charge is 2.43. The van der Waals surface area contributed by atoms with Crippen molar-refractivity contribution in [1.29, 1.82) is 0 Å². The first-order valence-electron chi connectivity index (χ1n) is 13.3. The van der Waals surface area contributed by atoms with E-state index in [1.807, 2.05) is 0 Å². The monoisotopic (exact) mass is 545 g/mol. The van der Waals surface area contributed by atoms with Gasteiger partial charge in [-0.05, 0) is 66.7 Å². The highest BCUT2D eigenvalue weighted by atomic mass is 29.2. The Kier molecular flexibility index (Phi) is 8.36. The van der Waals surface area contributed by atoms with Crippen molar-refractivity contribution in [2.24, 2.45) is 0 Å². The highest BCUT2D eigenvalue weighted by Crippen LogP contribution is 2.31. The summed E-state index contributed by atoms with van der Waals surface area (Å²) >= 11 is 0. The lowest BCUT2D eigenvalue weighted by Gasteiger charge is -2.36. The lowest BCUT2D eigenvalue weighted by molar-refractivity contribution is 0.415. The van der Waals surface area contributed by atoms with Gasteiger partial charge in [-0.3, -0.25) is 0 Å². The fourth-order valence-electron chi connectivity index (χ4n) is 4.84. The number of hydrogen-bond acceptors (Lipinski definition) is 3. The summed E-state index contributed by atoms with van der Waals surface area (Å²) in [5, 5.41) is 3.41. The molecule has 0 amide bonds. The van der Waals surface area contributed by atoms with Gasteiger partial charge in [0.25, 0.3) is 0 Å². The summed E-state index contributed by atoms with van der Waals surface area (Å²) in [6.07, 6.45) is 0. The normalized spacial score (nSPS) is 12.9. The Morgan fingerprint density at radius 1 is 0.474 bits per heavy atom. The molecule has 0 bridgehead atoms. The topological polar surface area (TPSA) is 27.7 Å². The lowest BCUT2D eigenvalue weighted by atomic mass is 9.87. The first-order valence-corrected chi connectivity index (χ1v) is 16.8. The summed E-state index contributed by atoms with van der Waals surface area (Å²) in [6, 6.07) is 19.8. The molecule has 0 spiro atoms. The van der Waals surface area contributed by atoms with Crippen LogP contribution in [0.5, 0.6) is 17.2 Å².